The third-order valence-corrected chi connectivity index (χ3v) is 7.43. The molecule has 1 amide bonds. The van der Waals surface area contributed by atoms with Crippen molar-refractivity contribution < 1.29 is 19.2 Å². The summed E-state index contributed by atoms with van der Waals surface area (Å²) in [6.07, 6.45) is 6.33. The molecule has 1 aliphatic carbocycles. The molecule has 2 aromatic rings. The van der Waals surface area contributed by atoms with Crippen LogP contribution in [0.3, 0.4) is 0 Å². The SMILES string of the molecule is COc1ccc([C@H]2CCC[NH+]2CC(=O)Nc2sc3c(c2C#N)CCCC3)c(OC)c1. The van der Waals surface area contributed by atoms with Crippen LogP contribution in [0.4, 0.5) is 5.00 Å². The normalized spacial score (nSPS) is 20.3. The topological polar surface area (TPSA) is 75.8 Å². The number of hydrogen-bond acceptors (Lipinski definition) is 5. The van der Waals surface area contributed by atoms with Gasteiger partial charge >= 0.3 is 0 Å². The van der Waals surface area contributed by atoms with Crippen LogP contribution in [0.15, 0.2) is 18.2 Å². The van der Waals surface area contributed by atoms with Crippen molar-refractivity contribution in [1.29, 1.82) is 5.26 Å². The molecule has 1 aliphatic heterocycles. The molecule has 1 fully saturated rings. The smallest absolute Gasteiger partial charge is 0.280 e. The molecular weight excluding hydrogens is 398 g/mol. The van der Waals surface area contributed by atoms with Gasteiger partial charge in [0.05, 0.1) is 31.9 Å². The largest absolute Gasteiger partial charge is 0.497 e. The van der Waals surface area contributed by atoms with Crippen LogP contribution in [0.25, 0.3) is 0 Å². The van der Waals surface area contributed by atoms with Gasteiger partial charge in [0.1, 0.15) is 28.6 Å². The van der Waals surface area contributed by atoms with Gasteiger partial charge in [-0.25, -0.2) is 0 Å². The van der Waals surface area contributed by atoms with Gasteiger partial charge in [-0.3, -0.25) is 4.79 Å². The van der Waals surface area contributed by atoms with Crippen LogP contribution in [-0.2, 0) is 17.6 Å². The Morgan fingerprint density at radius 1 is 1.27 bits per heavy atom. The van der Waals surface area contributed by atoms with Crippen LogP contribution in [0.5, 0.6) is 11.5 Å². The fourth-order valence-corrected chi connectivity index (χ4v) is 6.01. The van der Waals surface area contributed by atoms with E-state index in [9.17, 15) is 10.1 Å². The summed E-state index contributed by atoms with van der Waals surface area (Å²) in [5.41, 5.74) is 2.94. The Hall–Kier alpha value is -2.56. The van der Waals surface area contributed by atoms with Gasteiger partial charge in [-0.1, -0.05) is 0 Å². The average Bonchev–Trinajstić information content (AvgIpc) is 3.36. The molecule has 0 saturated carbocycles. The Labute approximate surface area is 181 Å². The summed E-state index contributed by atoms with van der Waals surface area (Å²) in [7, 11) is 3.31. The van der Waals surface area contributed by atoms with E-state index in [2.05, 4.69) is 11.4 Å². The highest BCUT2D eigenvalue weighted by atomic mass is 32.1. The first-order valence-electron chi connectivity index (χ1n) is 10.6. The summed E-state index contributed by atoms with van der Waals surface area (Å²) in [5.74, 6) is 1.54. The highest BCUT2D eigenvalue weighted by Crippen LogP contribution is 2.37. The van der Waals surface area contributed by atoms with Gasteiger partial charge in [0.25, 0.3) is 5.91 Å². The minimum Gasteiger partial charge on any atom is -0.497 e. The van der Waals surface area contributed by atoms with Crippen molar-refractivity contribution in [2.45, 2.75) is 44.6 Å². The second-order valence-corrected chi connectivity index (χ2v) is 9.07. The lowest BCUT2D eigenvalue weighted by Crippen LogP contribution is -3.11. The van der Waals surface area contributed by atoms with Crippen LogP contribution in [0.2, 0.25) is 0 Å². The minimum atomic E-state index is -0.0283. The summed E-state index contributed by atoms with van der Waals surface area (Å²) < 4.78 is 10.9. The van der Waals surface area contributed by atoms with Gasteiger partial charge in [0, 0.05) is 23.8 Å². The fraction of sp³-hybridized carbons (Fsp3) is 0.478. The lowest BCUT2D eigenvalue weighted by atomic mass is 9.96. The maximum Gasteiger partial charge on any atom is 0.280 e. The number of nitrogens with zero attached hydrogens (tertiary/aromatic N) is 1. The number of carbonyl (C=O) groups is 1. The maximum absolute atomic E-state index is 12.9. The number of carbonyl (C=O) groups excluding carboxylic acids is 1. The van der Waals surface area contributed by atoms with Crippen LogP contribution in [0.1, 0.15) is 53.3 Å². The molecule has 1 unspecified atom stereocenters. The van der Waals surface area contributed by atoms with Crippen molar-refractivity contribution in [3.63, 3.8) is 0 Å². The number of likely N-dealkylation sites (tertiary alicyclic amines) is 1. The highest BCUT2D eigenvalue weighted by Gasteiger charge is 2.34. The molecule has 0 radical (unpaired) electrons. The molecule has 0 bridgehead atoms. The number of thiophene rings is 1. The fourth-order valence-electron chi connectivity index (χ4n) is 4.75. The highest BCUT2D eigenvalue weighted by molar-refractivity contribution is 7.16. The predicted molar refractivity (Wildman–Crippen MR) is 117 cm³/mol. The van der Waals surface area contributed by atoms with Crippen LogP contribution in [-0.4, -0.2) is 33.2 Å². The number of benzene rings is 1. The van der Waals surface area contributed by atoms with Gasteiger partial charge in [-0.05, 0) is 43.4 Å². The molecule has 2 heterocycles. The number of quaternary nitrogens is 1. The quantitative estimate of drug-likeness (QED) is 0.745. The number of hydrogen-bond donors (Lipinski definition) is 2. The van der Waals surface area contributed by atoms with Crippen molar-refractivity contribution in [2.75, 3.05) is 32.6 Å². The molecule has 4 rings (SSSR count). The van der Waals surface area contributed by atoms with Gasteiger partial charge in [0.2, 0.25) is 0 Å². The minimum absolute atomic E-state index is 0.0283. The van der Waals surface area contributed by atoms with Crippen LogP contribution >= 0.6 is 11.3 Å². The van der Waals surface area contributed by atoms with Crippen LogP contribution < -0.4 is 19.7 Å². The number of rotatable bonds is 6. The van der Waals surface area contributed by atoms with Crippen LogP contribution in [0, 0.1) is 11.3 Å². The lowest BCUT2D eigenvalue weighted by molar-refractivity contribution is -0.910. The van der Waals surface area contributed by atoms with Crippen molar-refractivity contribution in [3.05, 3.63) is 39.8 Å². The number of nitriles is 1. The van der Waals surface area contributed by atoms with E-state index in [0.717, 1.165) is 72.7 Å². The lowest BCUT2D eigenvalue weighted by Gasteiger charge is -2.23. The van der Waals surface area contributed by atoms with E-state index in [4.69, 9.17) is 9.47 Å². The van der Waals surface area contributed by atoms with Crippen molar-refractivity contribution >= 4 is 22.2 Å². The van der Waals surface area contributed by atoms with Gasteiger partial charge < -0.3 is 19.7 Å². The zero-order valence-electron chi connectivity index (χ0n) is 17.5. The van der Waals surface area contributed by atoms with Gasteiger partial charge in [0.15, 0.2) is 6.54 Å². The predicted octanol–water partition coefficient (Wildman–Crippen LogP) is 2.87. The molecule has 1 aromatic carbocycles. The Balaban J connectivity index is 1.49. The number of nitrogens with one attached hydrogen (secondary N) is 2. The second kappa shape index (κ2) is 9.07. The molecule has 7 heteroatoms. The molecule has 30 heavy (non-hydrogen) atoms. The van der Waals surface area contributed by atoms with E-state index in [0.29, 0.717) is 12.1 Å². The van der Waals surface area contributed by atoms with Crippen molar-refractivity contribution in [3.8, 4) is 17.6 Å². The summed E-state index contributed by atoms with van der Waals surface area (Å²) in [6.45, 7) is 1.33. The molecule has 2 atom stereocenters. The summed E-state index contributed by atoms with van der Waals surface area (Å²) in [6, 6.07) is 8.43. The van der Waals surface area contributed by atoms with E-state index in [-0.39, 0.29) is 11.9 Å². The first-order valence-corrected chi connectivity index (χ1v) is 11.4. The second-order valence-electron chi connectivity index (χ2n) is 7.96. The summed E-state index contributed by atoms with van der Waals surface area (Å²) in [5, 5.41) is 13.4. The summed E-state index contributed by atoms with van der Waals surface area (Å²) >= 11 is 1.58. The number of anilines is 1. The standard InChI is InChI=1S/C23H27N3O3S/c1-28-15-9-10-17(20(12-15)29-2)19-7-5-11-26(19)14-22(27)25-23-18(13-24)16-6-3-4-8-21(16)30-23/h9-10,12,19H,3-8,11,14H2,1-2H3,(H,25,27)/p+1/t19-/m1/s1. The summed E-state index contributed by atoms with van der Waals surface area (Å²) in [4.78, 5) is 15.4. The Kier molecular flexibility index (Phi) is 6.26. The first-order chi connectivity index (χ1) is 14.6. The third kappa shape index (κ3) is 4.03. The molecular formula is C23H28N3O3S+. The number of methoxy groups -OCH3 is 2. The number of ether oxygens (including phenoxy) is 2. The van der Waals surface area contributed by atoms with E-state index in [1.165, 1.54) is 9.78 Å². The zero-order valence-corrected chi connectivity index (χ0v) is 18.4. The third-order valence-electron chi connectivity index (χ3n) is 6.22. The number of fused-ring (bicyclic) bond motifs is 1. The van der Waals surface area contributed by atoms with E-state index in [1.807, 2.05) is 18.2 Å². The Bertz CT molecular complexity index is 979. The number of amides is 1. The van der Waals surface area contributed by atoms with Gasteiger partial charge in [-0.15, -0.1) is 11.3 Å². The molecule has 0 spiro atoms. The van der Waals surface area contributed by atoms with E-state index >= 15 is 0 Å². The average molecular weight is 427 g/mol. The van der Waals surface area contributed by atoms with E-state index in [1.54, 1.807) is 25.6 Å². The monoisotopic (exact) mass is 426 g/mol. The maximum atomic E-state index is 12.9. The van der Waals surface area contributed by atoms with E-state index < -0.39 is 0 Å². The molecule has 158 valence electrons. The molecule has 2 N–H and O–H groups in total. The Morgan fingerprint density at radius 3 is 2.87 bits per heavy atom. The molecule has 2 aliphatic rings. The molecule has 1 aromatic heterocycles. The Morgan fingerprint density at radius 2 is 2.10 bits per heavy atom. The molecule has 6 nitrogen and oxygen atoms in total. The van der Waals surface area contributed by atoms with Crippen molar-refractivity contribution in [1.82, 2.24) is 0 Å². The number of aryl methyl sites for hydroxylation is 1. The van der Waals surface area contributed by atoms with Gasteiger partial charge in [-0.2, -0.15) is 5.26 Å². The van der Waals surface area contributed by atoms with Crippen molar-refractivity contribution in [2.24, 2.45) is 0 Å². The molecule has 1 saturated heterocycles. The zero-order chi connectivity index (χ0) is 21.1. The first kappa shape index (κ1) is 20.7.